The molecule has 0 amide bonds. The molecule has 0 unspecified atom stereocenters. The quantitative estimate of drug-likeness (QED) is 0.839. The van der Waals surface area contributed by atoms with Crippen LogP contribution < -0.4 is 4.74 Å². The first kappa shape index (κ1) is 12.2. The maximum absolute atomic E-state index is 5.97. The summed E-state index contributed by atoms with van der Waals surface area (Å²) in [5.74, 6) is 0.752. The van der Waals surface area contributed by atoms with Crippen LogP contribution in [0.5, 0.6) is 5.75 Å². The van der Waals surface area contributed by atoms with Gasteiger partial charge >= 0.3 is 0 Å². The third-order valence-corrected chi connectivity index (χ3v) is 3.14. The standard InChI is InChI=1S/C13H11Cl2NO/c1-17-11-5-10(7-16-8-11)4-9-2-3-12(14)13(15)6-9/h2-3,5-8H,4H2,1H3. The van der Waals surface area contributed by atoms with Crippen LogP contribution in [0.2, 0.25) is 10.0 Å². The van der Waals surface area contributed by atoms with E-state index in [1.807, 2.05) is 24.4 Å². The summed E-state index contributed by atoms with van der Waals surface area (Å²) < 4.78 is 5.13. The van der Waals surface area contributed by atoms with Gasteiger partial charge in [0.25, 0.3) is 0 Å². The number of methoxy groups -OCH3 is 1. The average Bonchev–Trinajstić information content (AvgIpc) is 2.34. The smallest absolute Gasteiger partial charge is 0.137 e. The van der Waals surface area contributed by atoms with Gasteiger partial charge in [0, 0.05) is 6.20 Å². The van der Waals surface area contributed by atoms with E-state index in [4.69, 9.17) is 27.9 Å². The van der Waals surface area contributed by atoms with E-state index in [2.05, 4.69) is 4.98 Å². The van der Waals surface area contributed by atoms with Crippen molar-refractivity contribution in [2.75, 3.05) is 7.11 Å². The lowest BCUT2D eigenvalue weighted by atomic mass is 10.1. The predicted octanol–water partition coefficient (Wildman–Crippen LogP) is 3.99. The minimum absolute atomic E-state index is 0.569. The van der Waals surface area contributed by atoms with Gasteiger partial charge in [-0.3, -0.25) is 4.98 Å². The second-order valence-corrected chi connectivity index (χ2v) is 4.47. The molecular formula is C13H11Cl2NO. The van der Waals surface area contributed by atoms with E-state index in [1.54, 1.807) is 19.4 Å². The Labute approximate surface area is 110 Å². The van der Waals surface area contributed by atoms with Crippen LogP contribution in [0.15, 0.2) is 36.7 Å². The fourth-order valence-corrected chi connectivity index (χ4v) is 1.88. The van der Waals surface area contributed by atoms with Crippen LogP contribution in [-0.4, -0.2) is 12.1 Å². The van der Waals surface area contributed by atoms with Crippen molar-refractivity contribution in [1.29, 1.82) is 0 Å². The molecule has 0 fully saturated rings. The number of hydrogen-bond donors (Lipinski definition) is 0. The van der Waals surface area contributed by atoms with Crippen LogP contribution in [0.25, 0.3) is 0 Å². The van der Waals surface area contributed by atoms with Crippen LogP contribution in [0, 0.1) is 0 Å². The van der Waals surface area contributed by atoms with Gasteiger partial charge in [0.15, 0.2) is 0 Å². The summed E-state index contributed by atoms with van der Waals surface area (Å²) in [4.78, 5) is 4.11. The minimum Gasteiger partial charge on any atom is -0.495 e. The molecule has 4 heteroatoms. The van der Waals surface area contributed by atoms with E-state index in [1.165, 1.54) is 0 Å². The molecule has 0 aliphatic rings. The SMILES string of the molecule is COc1cncc(Cc2ccc(Cl)c(Cl)c2)c1. The molecule has 0 aliphatic heterocycles. The van der Waals surface area contributed by atoms with E-state index in [9.17, 15) is 0 Å². The zero-order valence-electron chi connectivity index (χ0n) is 9.28. The molecule has 1 heterocycles. The van der Waals surface area contributed by atoms with Crippen LogP contribution in [0.1, 0.15) is 11.1 Å². The van der Waals surface area contributed by atoms with Gasteiger partial charge in [0.2, 0.25) is 0 Å². The first-order chi connectivity index (χ1) is 8.19. The van der Waals surface area contributed by atoms with Crippen LogP contribution in [-0.2, 0) is 6.42 Å². The lowest BCUT2D eigenvalue weighted by molar-refractivity contribution is 0.412. The second-order valence-electron chi connectivity index (χ2n) is 3.66. The number of hydrogen-bond acceptors (Lipinski definition) is 2. The number of benzene rings is 1. The van der Waals surface area contributed by atoms with Gasteiger partial charge in [-0.2, -0.15) is 0 Å². The van der Waals surface area contributed by atoms with Gasteiger partial charge in [-0.05, 0) is 35.7 Å². The number of rotatable bonds is 3. The Morgan fingerprint density at radius 1 is 1.06 bits per heavy atom. The van der Waals surface area contributed by atoms with Crippen LogP contribution in [0.3, 0.4) is 0 Å². The highest BCUT2D eigenvalue weighted by molar-refractivity contribution is 6.42. The van der Waals surface area contributed by atoms with Crippen molar-refractivity contribution in [2.24, 2.45) is 0 Å². The molecule has 1 aromatic heterocycles. The van der Waals surface area contributed by atoms with Crippen molar-refractivity contribution in [1.82, 2.24) is 4.98 Å². The number of aromatic nitrogens is 1. The molecule has 17 heavy (non-hydrogen) atoms. The molecule has 0 saturated heterocycles. The van der Waals surface area contributed by atoms with Gasteiger partial charge in [0.1, 0.15) is 5.75 Å². The lowest BCUT2D eigenvalue weighted by Crippen LogP contribution is -1.91. The maximum atomic E-state index is 5.97. The highest BCUT2D eigenvalue weighted by atomic mass is 35.5. The van der Waals surface area contributed by atoms with Crippen molar-refractivity contribution >= 4 is 23.2 Å². The summed E-state index contributed by atoms with van der Waals surface area (Å²) in [5, 5.41) is 1.14. The Bertz CT molecular complexity index is 529. The summed E-state index contributed by atoms with van der Waals surface area (Å²) in [5.41, 5.74) is 2.16. The Kier molecular flexibility index (Phi) is 3.87. The Morgan fingerprint density at radius 3 is 2.59 bits per heavy atom. The molecule has 0 aliphatic carbocycles. The van der Waals surface area contributed by atoms with Crippen molar-refractivity contribution in [3.8, 4) is 5.75 Å². The second kappa shape index (κ2) is 5.39. The van der Waals surface area contributed by atoms with Gasteiger partial charge in [-0.25, -0.2) is 0 Å². The molecule has 0 bridgehead atoms. The van der Waals surface area contributed by atoms with E-state index in [0.29, 0.717) is 10.0 Å². The molecule has 0 N–H and O–H groups in total. The van der Waals surface area contributed by atoms with Crippen molar-refractivity contribution in [3.05, 3.63) is 57.8 Å². The summed E-state index contributed by atoms with van der Waals surface area (Å²) >= 11 is 11.8. The number of pyridine rings is 1. The zero-order valence-corrected chi connectivity index (χ0v) is 10.8. The molecule has 2 aromatic rings. The van der Waals surface area contributed by atoms with Gasteiger partial charge in [-0.1, -0.05) is 29.3 Å². The Balaban J connectivity index is 2.22. The predicted molar refractivity (Wildman–Crippen MR) is 70.1 cm³/mol. The van der Waals surface area contributed by atoms with Crippen LogP contribution >= 0.6 is 23.2 Å². The number of halogens is 2. The monoisotopic (exact) mass is 267 g/mol. The lowest BCUT2D eigenvalue weighted by Gasteiger charge is -2.05. The molecule has 2 rings (SSSR count). The van der Waals surface area contributed by atoms with E-state index < -0.39 is 0 Å². The minimum atomic E-state index is 0.569. The fraction of sp³-hybridized carbons (Fsp3) is 0.154. The van der Waals surface area contributed by atoms with E-state index >= 15 is 0 Å². The number of ether oxygens (including phenoxy) is 1. The molecule has 0 spiro atoms. The zero-order chi connectivity index (χ0) is 12.3. The van der Waals surface area contributed by atoms with E-state index in [-0.39, 0.29) is 0 Å². The van der Waals surface area contributed by atoms with E-state index in [0.717, 1.165) is 23.3 Å². The highest BCUT2D eigenvalue weighted by Gasteiger charge is 2.02. The molecule has 1 aromatic carbocycles. The maximum Gasteiger partial charge on any atom is 0.137 e. The first-order valence-electron chi connectivity index (χ1n) is 5.11. The van der Waals surface area contributed by atoms with Gasteiger partial charge < -0.3 is 4.74 Å². The highest BCUT2D eigenvalue weighted by Crippen LogP contribution is 2.24. The van der Waals surface area contributed by atoms with Crippen molar-refractivity contribution < 1.29 is 4.74 Å². The molecule has 2 nitrogen and oxygen atoms in total. The van der Waals surface area contributed by atoms with Crippen molar-refractivity contribution in [3.63, 3.8) is 0 Å². The van der Waals surface area contributed by atoms with Gasteiger partial charge in [0.05, 0.1) is 23.4 Å². The summed E-state index contributed by atoms with van der Waals surface area (Å²) in [6, 6.07) is 7.57. The number of nitrogens with zero attached hydrogens (tertiary/aromatic N) is 1. The van der Waals surface area contributed by atoms with Crippen molar-refractivity contribution in [2.45, 2.75) is 6.42 Å². The van der Waals surface area contributed by atoms with Crippen LogP contribution in [0.4, 0.5) is 0 Å². The first-order valence-corrected chi connectivity index (χ1v) is 5.86. The molecule has 0 radical (unpaired) electrons. The largest absolute Gasteiger partial charge is 0.495 e. The summed E-state index contributed by atoms with van der Waals surface area (Å²) in [6.07, 6.45) is 4.24. The topological polar surface area (TPSA) is 22.1 Å². The third kappa shape index (κ3) is 3.11. The molecule has 0 atom stereocenters. The Morgan fingerprint density at radius 2 is 1.88 bits per heavy atom. The normalized spacial score (nSPS) is 10.3. The van der Waals surface area contributed by atoms with Gasteiger partial charge in [-0.15, -0.1) is 0 Å². The summed E-state index contributed by atoms with van der Waals surface area (Å²) in [6.45, 7) is 0. The average molecular weight is 268 g/mol. The molecule has 0 saturated carbocycles. The molecule has 88 valence electrons. The Hall–Kier alpha value is -1.25. The third-order valence-electron chi connectivity index (χ3n) is 2.40. The summed E-state index contributed by atoms with van der Waals surface area (Å²) in [7, 11) is 1.62. The fourth-order valence-electron chi connectivity index (χ4n) is 1.56. The molecular weight excluding hydrogens is 257 g/mol.